The molecule has 12 nitrogen and oxygen atoms in total. The van der Waals surface area contributed by atoms with Crippen molar-refractivity contribution in [2.45, 2.75) is 466 Å². The van der Waals surface area contributed by atoms with Crippen LogP contribution in [0.15, 0.2) is 72.8 Å². The van der Waals surface area contributed by atoms with Crippen molar-refractivity contribution in [3.05, 3.63) is 72.8 Å². The maximum atomic E-state index is 7.30. The first-order valence-electron chi connectivity index (χ1n) is 56.4. The Kier molecular flexibility index (Phi) is 53.3. The van der Waals surface area contributed by atoms with Gasteiger partial charge in [0, 0.05) is 0 Å². The molecule has 2 heterocycles. The number of hydrogen-bond acceptors (Lipinski definition) is 12. The number of unbranched alkanes of at least 4 members (excludes halogenated alkanes) is 56. The van der Waals surface area contributed by atoms with E-state index in [4.69, 9.17) is 56.8 Å². The summed E-state index contributed by atoms with van der Waals surface area (Å²) in [5.74, 6) is 9.08. The lowest BCUT2D eigenvalue weighted by molar-refractivity contribution is 0.0239. The molecule has 0 unspecified atom stereocenters. The van der Waals surface area contributed by atoms with Gasteiger partial charge in [-0.05, 0) is 189 Å². The fourth-order valence-electron chi connectivity index (χ4n) is 19.9. The molecule has 0 fully saturated rings. The van der Waals surface area contributed by atoms with Gasteiger partial charge >= 0.3 is 0 Å². The van der Waals surface area contributed by atoms with Gasteiger partial charge in [0.25, 0.3) is 0 Å². The van der Waals surface area contributed by atoms with Gasteiger partial charge in [-0.25, -0.2) is 0 Å². The van der Waals surface area contributed by atoms with Crippen LogP contribution < -0.4 is 56.8 Å². The first kappa shape index (κ1) is 108. The average molecular weight is 1830 g/mol. The molecule has 744 valence electrons. The van der Waals surface area contributed by atoms with E-state index in [0.29, 0.717) is 102 Å². The predicted octanol–water partition coefficient (Wildman–Crippen LogP) is 38.0. The minimum atomic E-state index is -0.712. The zero-order valence-electron chi connectivity index (χ0n) is 86.1. The van der Waals surface area contributed by atoms with E-state index in [9.17, 15) is 0 Å². The standard InChI is InChI=1S/C121H188O12/c1-9-17-25-33-41-49-57-65-73-122-109-81-97-98-82-110(123-74-66-58-50-42-34-26-18-10-2)114(127-78-70-62-54-46-38-30-22-14-6)86-102(98)106-90-118-117(89-105(106)101(97)85-113(109)126-77-69-61-53-45-37-29-21-13-5)130-93-121(94-131-118)95-132-119-91-107-103-87-115(128-79-71-63-55-47-39-31-23-15-7)111(124-75-67-59-51-43-35-27-19-11-3)83-99(103)100-84-112(125-76-68-60-52-44-36-28-20-12-4)116(88-104(100)108(107)92-120(119)133-96-121)129-80-72-64-56-48-40-32-24-16-8/h81-92H,9-80,93-96H2,1-8H3. The van der Waals surface area contributed by atoms with E-state index < -0.39 is 5.41 Å². The maximum Gasteiger partial charge on any atom is 0.161 e. The lowest BCUT2D eigenvalue weighted by atomic mass is 9.92. The van der Waals surface area contributed by atoms with Crippen LogP contribution in [-0.2, 0) is 0 Å². The van der Waals surface area contributed by atoms with Gasteiger partial charge in [-0.2, -0.15) is 0 Å². The first-order chi connectivity index (χ1) is 65.8. The summed E-state index contributed by atoms with van der Waals surface area (Å²) in [5, 5.41) is 12.8. The summed E-state index contributed by atoms with van der Waals surface area (Å²) in [7, 11) is 0. The SMILES string of the molecule is CCCCCCCCCCOc1cc2c3cc(OCCCCCCCCCC)c(OCCCCCCCCCC)cc3c3cc4c(cc3c2cc1OCCCCCCCCCC)OCC1(CO4)COc2cc3c4cc(OCCCCCCCCCC)c(OCCCCCCCCCC)cc4c4cc(OCCCCCCCCCC)c(OCCCCCCCCCC)cc4c3cc2OC1. The largest absolute Gasteiger partial charge is 0.490 e. The van der Waals surface area contributed by atoms with Crippen LogP contribution in [0.1, 0.15) is 466 Å². The Morgan fingerprint density at radius 2 is 0.256 bits per heavy atom. The third-order valence-corrected chi connectivity index (χ3v) is 28.4. The van der Waals surface area contributed by atoms with Crippen molar-refractivity contribution >= 4 is 64.6 Å². The lowest BCUT2D eigenvalue weighted by Crippen LogP contribution is -2.43. The van der Waals surface area contributed by atoms with Crippen LogP contribution in [0.5, 0.6) is 69.0 Å². The third kappa shape index (κ3) is 37.3. The summed E-state index contributed by atoms with van der Waals surface area (Å²) in [4.78, 5) is 0. The molecule has 0 aromatic heterocycles. The Morgan fingerprint density at radius 3 is 0.376 bits per heavy atom. The van der Waals surface area contributed by atoms with Crippen LogP contribution in [0.3, 0.4) is 0 Å². The van der Waals surface area contributed by atoms with Gasteiger partial charge in [0.1, 0.15) is 31.8 Å². The Morgan fingerprint density at radius 1 is 0.150 bits per heavy atom. The first-order valence-corrected chi connectivity index (χ1v) is 56.4. The monoisotopic (exact) mass is 1830 g/mol. The topological polar surface area (TPSA) is 111 Å². The van der Waals surface area contributed by atoms with Gasteiger partial charge in [-0.1, -0.05) is 415 Å². The van der Waals surface area contributed by atoms with Crippen molar-refractivity contribution in [3.63, 3.8) is 0 Å². The fraction of sp³-hybridized carbons (Fsp3) is 0.702. The zero-order valence-corrected chi connectivity index (χ0v) is 86.1. The van der Waals surface area contributed by atoms with Crippen molar-refractivity contribution in [3.8, 4) is 69.0 Å². The van der Waals surface area contributed by atoms with Gasteiger partial charge in [-0.15, -0.1) is 0 Å². The molecule has 133 heavy (non-hydrogen) atoms. The molecular formula is C121H188O12. The number of hydrogen-bond donors (Lipinski definition) is 0. The van der Waals surface area contributed by atoms with Crippen LogP contribution in [0.25, 0.3) is 64.6 Å². The van der Waals surface area contributed by atoms with Crippen molar-refractivity contribution in [2.75, 3.05) is 79.3 Å². The Balaban J connectivity index is 1.03. The molecule has 0 saturated carbocycles. The van der Waals surface area contributed by atoms with E-state index in [1.54, 1.807) is 0 Å². The van der Waals surface area contributed by atoms with E-state index in [1.807, 2.05) is 0 Å². The van der Waals surface area contributed by atoms with Crippen LogP contribution in [0, 0.1) is 5.41 Å². The van der Waals surface area contributed by atoms with Crippen molar-refractivity contribution in [1.82, 2.24) is 0 Å². The van der Waals surface area contributed by atoms with E-state index in [2.05, 4.69) is 128 Å². The molecule has 2 aliphatic rings. The van der Waals surface area contributed by atoms with Gasteiger partial charge in [0.15, 0.2) is 69.0 Å². The summed E-state index contributed by atoms with van der Waals surface area (Å²) in [6.45, 7) is 24.6. The number of benzene rings is 8. The molecular weight excluding hydrogens is 1650 g/mol. The number of ether oxygens (including phenoxy) is 12. The molecule has 0 N–H and O–H groups in total. The van der Waals surface area contributed by atoms with Gasteiger partial charge in [0.2, 0.25) is 0 Å². The quantitative estimate of drug-likeness (QED) is 0.0267. The maximum absolute atomic E-state index is 7.30. The molecule has 0 radical (unpaired) electrons. The Bertz CT molecular complexity index is 3910. The fourth-order valence-corrected chi connectivity index (χ4v) is 19.9. The molecule has 0 aliphatic carbocycles. The molecule has 0 bridgehead atoms. The summed E-state index contributed by atoms with van der Waals surface area (Å²) in [6.07, 6.45) is 78.9. The van der Waals surface area contributed by atoms with Crippen molar-refractivity contribution < 1.29 is 56.8 Å². The molecule has 2 aliphatic heterocycles. The molecule has 0 saturated heterocycles. The van der Waals surface area contributed by atoms with Crippen molar-refractivity contribution in [2.24, 2.45) is 5.41 Å². The molecule has 12 heteroatoms. The predicted molar refractivity (Wildman–Crippen MR) is 567 cm³/mol. The van der Waals surface area contributed by atoms with Gasteiger partial charge in [-0.3, -0.25) is 0 Å². The average Bonchev–Trinajstić information content (AvgIpc) is 1.45. The van der Waals surface area contributed by atoms with Crippen LogP contribution in [-0.4, -0.2) is 79.3 Å². The highest BCUT2D eigenvalue weighted by atomic mass is 16.6. The normalized spacial score (nSPS) is 13.1. The van der Waals surface area contributed by atoms with Crippen LogP contribution in [0.4, 0.5) is 0 Å². The highest BCUT2D eigenvalue weighted by Gasteiger charge is 2.41. The summed E-state index contributed by atoms with van der Waals surface area (Å²) in [5.41, 5.74) is -0.712. The highest BCUT2D eigenvalue weighted by Crippen LogP contribution is 2.52. The molecule has 1 spiro atoms. The van der Waals surface area contributed by atoms with Crippen LogP contribution in [0.2, 0.25) is 0 Å². The lowest BCUT2D eigenvalue weighted by Gasteiger charge is -2.27. The summed E-state index contributed by atoms with van der Waals surface area (Å²) < 4.78 is 85.4. The van der Waals surface area contributed by atoms with Gasteiger partial charge < -0.3 is 56.8 Å². The van der Waals surface area contributed by atoms with E-state index in [-0.39, 0.29) is 0 Å². The second-order valence-electron chi connectivity index (χ2n) is 40.3. The number of rotatable bonds is 80. The van der Waals surface area contributed by atoms with Gasteiger partial charge in [0.05, 0.1) is 52.9 Å². The summed E-state index contributed by atoms with van der Waals surface area (Å²) in [6, 6.07) is 27.2. The third-order valence-electron chi connectivity index (χ3n) is 28.4. The highest BCUT2D eigenvalue weighted by molar-refractivity contribution is 6.28. The molecule has 8 aromatic carbocycles. The minimum Gasteiger partial charge on any atom is -0.490 e. The molecule has 10 rings (SSSR count). The van der Waals surface area contributed by atoms with Crippen LogP contribution >= 0.6 is 0 Å². The van der Waals surface area contributed by atoms with E-state index >= 15 is 0 Å². The summed E-state index contributed by atoms with van der Waals surface area (Å²) >= 11 is 0. The molecule has 0 atom stereocenters. The van der Waals surface area contributed by atoms with E-state index in [0.717, 1.165) is 213 Å². The number of fused-ring (bicyclic) bond motifs is 14. The second-order valence-corrected chi connectivity index (χ2v) is 40.3. The zero-order chi connectivity index (χ0) is 93.1. The Hall–Kier alpha value is -7.08. The molecule has 0 amide bonds. The second kappa shape index (κ2) is 65.7. The van der Waals surface area contributed by atoms with E-state index in [1.165, 1.54) is 308 Å². The Labute approximate surface area is 809 Å². The van der Waals surface area contributed by atoms with Crippen molar-refractivity contribution in [1.29, 1.82) is 0 Å². The molecule has 8 aromatic rings. The smallest absolute Gasteiger partial charge is 0.161 e. The minimum absolute atomic E-state index is 0.305.